The standard InChI is InChI=1S/C16H25N3O4/c1-10-12(11(2)23-17-10)5-19-6-15(13-7-21-8-14(13)19)22-9-16(20)18(3)4/h13-15H,5-9H2,1-4H3/t13-,14+,15-/m1/s1. The molecule has 0 radical (unpaired) electrons. The number of aromatic nitrogens is 1. The van der Waals surface area contributed by atoms with Crippen molar-refractivity contribution in [2.45, 2.75) is 32.5 Å². The van der Waals surface area contributed by atoms with Crippen LogP contribution < -0.4 is 0 Å². The Morgan fingerprint density at radius 3 is 2.83 bits per heavy atom. The first kappa shape index (κ1) is 16.4. The van der Waals surface area contributed by atoms with E-state index < -0.39 is 0 Å². The molecule has 0 saturated carbocycles. The zero-order valence-electron chi connectivity index (χ0n) is 14.2. The fourth-order valence-corrected chi connectivity index (χ4v) is 3.39. The zero-order chi connectivity index (χ0) is 16.6. The summed E-state index contributed by atoms with van der Waals surface area (Å²) >= 11 is 0. The lowest BCUT2D eigenvalue weighted by Crippen LogP contribution is -2.32. The molecule has 7 nitrogen and oxygen atoms in total. The minimum Gasteiger partial charge on any atom is -0.379 e. The van der Waals surface area contributed by atoms with E-state index in [9.17, 15) is 4.79 Å². The van der Waals surface area contributed by atoms with Crippen molar-refractivity contribution in [2.75, 3.05) is 40.5 Å². The van der Waals surface area contributed by atoms with Crippen LogP contribution in [0.4, 0.5) is 0 Å². The van der Waals surface area contributed by atoms with Gasteiger partial charge in [-0.3, -0.25) is 9.69 Å². The third-order valence-electron chi connectivity index (χ3n) is 4.92. The van der Waals surface area contributed by atoms with Crippen LogP contribution in [0.3, 0.4) is 0 Å². The fraction of sp³-hybridized carbons (Fsp3) is 0.750. The van der Waals surface area contributed by atoms with Gasteiger partial charge in [0.25, 0.3) is 0 Å². The monoisotopic (exact) mass is 323 g/mol. The predicted octanol–water partition coefficient (Wildman–Crippen LogP) is 0.595. The van der Waals surface area contributed by atoms with Crippen molar-refractivity contribution in [3.05, 3.63) is 17.0 Å². The van der Waals surface area contributed by atoms with Crippen LogP contribution in [0.5, 0.6) is 0 Å². The Morgan fingerprint density at radius 1 is 1.39 bits per heavy atom. The van der Waals surface area contributed by atoms with Crippen LogP contribution in [0.1, 0.15) is 17.0 Å². The van der Waals surface area contributed by atoms with Crippen molar-refractivity contribution in [1.82, 2.24) is 15.0 Å². The molecule has 3 rings (SSSR count). The highest BCUT2D eigenvalue weighted by Gasteiger charge is 2.46. The second-order valence-corrected chi connectivity index (χ2v) is 6.64. The highest BCUT2D eigenvalue weighted by molar-refractivity contribution is 5.76. The topological polar surface area (TPSA) is 68.0 Å². The van der Waals surface area contributed by atoms with Crippen molar-refractivity contribution in [2.24, 2.45) is 5.92 Å². The van der Waals surface area contributed by atoms with Gasteiger partial charge in [0.05, 0.1) is 25.0 Å². The summed E-state index contributed by atoms with van der Waals surface area (Å²) in [6.45, 7) is 7.04. The number of fused-ring (bicyclic) bond motifs is 1. The van der Waals surface area contributed by atoms with E-state index in [2.05, 4.69) is 10.1 Å². The van der Waals surface area contributed by atoms with E-state index in [1.165, 1.54) is 0 Å². The molecule has 0 aliphatic carbocycles. The molecule has 7 heteroatoms. The third-order valence-corrected chi connectivity index (χ3v) is 4.92. The van der Waals surface area contributed by atoms with Crippen molar-refractivity contribution < 1.29 is 18.8 Å². The molecule has 2 aliphatic heterocycles. The predicted molar refractivity (Wildman–Crippen MR) is 82.9 cm³/mol. The van der Waals surface area contributed by atoms with Crippen LogP contribution in [0.15, 0.2) is 4.52 Å². The number of carbonyl (C=O) groups excluding carboxylic acids is 1. The van der Waals surface area contributed by atoms with E-state index in [0.29, 0.717) is 18.6 Å². The average molecular weight is 323 g/mol. The molecule has 0 spiro atoms. The van der Waals surface area contributed by atoms with Crippen LogP contribution in [-0.2, 0) is 20.8 Å². The number of ether oxygens (including phenoxy) is 2. The van der Waals surface area contributed by atoms with E-state index in [1.807, 2.05) is 13.8 Å². The number of hydrogen-bond donors (Lipinski definition) is 0. The largest absolute Gasteiger partial charge is 0.379 e. The molecular formula is C16H25N3O4. The van der Waals surface area contributed by atoms with Gasteiger partial charge in [0.1, 0.15) is 12.4 Å². The fourth-order valence-electron chi connectivity index (χ4n) is 3.39. The normalized spacial score (nSPS) is 27.4. The summed E-state index contributed by atoms with van der Waals surface area (Å²) in [7, 11) is 3.48. The first-order valence-electron chi connectivity index (χ1n) is 8.02. The van der Waals surface area contributed by atoms with Crippen molar-refractivity contribution >= 4 is 5.91 Å². The minimum absolute atomic E-state index is 0.00959. The summed E-state index contributed by atoms with van der Waals surface area (Å²) in [4.78, 5) is 15.7. The Hall–Kier alpha value is -1.44. The van der Waals surface area contributed by atoms with E-state index >= 15 is 0 Å². The van der Waals surface area contributed by atoms with E-state index in [0.717, 1.165) is 36.7 Å². The first-order chi connectivity index (χ1) is 11.0. The van der Waals surface area contributed by atoms with Gasteiger partial charge in [-0.1, -0.05) is 5.16 Å². The Morgan fingerprint density at radius 2 is 2.17 bits per heavy atom. The number of amides is 1. The number of hydrogen-bond acceptors (Lipinski definition) is 6. The average Bonchev–Trinajstić information content (AvgIpc) is 3.18. The summed E-state index contributed by atoms with van der Waals surface area (Å²) in [6, 6.07) is 0.336. The lowest BCUT2D eigenvalue weighted by Gasteiger charge is -2.21. The maximum atomic E-state index is 11.8. The Balaban J connectivity index is 1.65. The van der Waals surface area contributed by atoms with E-state index in [4.69, 9.17) is 14.0 Å². The molecule has 0 bridgehead atoms. The van der Waals surface area contributed by atoms with Gasteiger partial charge in [0.15, 0.2) is 0 Å². The van der Waals surface area contributed by atoms with Crippen LogP contribution in [0.25, 0.3) is 0 Å². The molecule has 128 valence electrons. The van der Waals surface area contributed by atoms with Gasteiger partial charge < -0.3 is 18.9 Å². The van der Waals surface area contributed by atoms with Gasteiger partial charge in [-0.05, 0) is 13.8 Å². The summed E-state index contributed by atoms with van der Waals surface area (Å²) in [5.41, 5.74) is 2.07. The minimum atomic E-state index is -0.00959. The van der Waals surface area contributed by atoms with Gasteiger partial charge in [0.2, 0.25) is 5.91 Å². The smallest absolute Gasteiger partial charge is 0.248 e. The maximum absolute atomic E-state index is 11.8. The molecule has 2 saturated heterocycles. The van der Waals surface area contributed by atoms with Gasteiger partial charge >= 0.3 is 0 Å². The Bertz CT molecular complexity index is 552. The highest BCUT2D eigenvalue weighted by atomic mass is 16.5. The number of likely N-dealkylation sites (tertiary alicyclic amines) is 1. The first-order valence-corrected chi connectivity index (χ1v) is 8.02. The number of rotatable bonds is 5. The van der Waals surface area contributed by atoms with E-state index in [1.54, 1.807) is 19.0 Å². The highest BCUT2D eigenvalue weighted by Crippen LogP contribution is 2.34. The van der Waals surface area contributed by atoms with Crippen LogP contribution in [-0.4, -0.2) is 73.5 Å². The quantitative estimate of drug-likeness (QED) is 0.790. The van der Waals surface area contributed by atoms with Gasteiger partial charge in [-0.2, -0.15) is 0 Å². The number of carbonyl (C=O) groups is 1. The van der Waals surface area contributed by atoms with Crippen LogP contribution in [0, 0.1) is 19.8 Å². The number of likely N-dealkylation sites (N-methyl/N-ethyl adjacent to an activating group) is 1. The molecule has 3 heterocycles. The maximum Gasteiger partial charge on any atom is 0.248 e. The van der Waals surface area contributed by atoms with Crippen molar-refractivity contribution in [3.8, 4) is 0 Å². The molecule has 2 aliphatic rings. The number of nitrogens with zero attached hydrogens (tertiary/aromatic N) is 3. The summed E-state index contributed by atoms with van der Waals surface area (Å²) in [6.07, 6.45) is 0.0341. The molecule has 0 aromatic carbocycles. The molecule has 0 N–H and O–H groups in total. The SMILES string of the molecule is Cc1noc(C)c1CN1C[C@@H](OCC(=O)N(C)C)[C@@H]2COC[C@@H]21. The summed E-state index contributed by atoms with van der Waals surface area (Å²) in [5, 5.41) is 4.03. The third kappa shape index (κ3) is 3.27. The van der Waals surface area contributed by atoms with Crippen molar-refractivity contribution in [3.63, 3.8) is 0 Å². The Kier molecular flexibility index (Phi) is 4.70. The van der Waals surface area contributed by atoms with Gasteiger partial charge in [0, 0.05) is 44.7 Å². The van der Waals surface area contributed by atoms with E-state index in [-0.39, 0.29) is 18.6 Å². The number of aryl methyl sites for hydroxylation is 2. The van der Waals surface area contributed by atoms with Crippen molar-refractivity contribution in [1.29, 1.82) is 0 Å². The second kappa shape index (κ2) is 6.59. The summed E-state index contributed by atoms with van der Waals surface area (Å²) < 4.78 is 16.8. The van der Waals surface area contributed by atoms with Crippen LogP contribution in [0.2, 0.25) is 0 Å². The molecule has 3 atom stereocenters. The molecule has 1 aromatic heterocycles. The molecule has 1 amide bonds. The lowest BCUT2D eigenvalue weighted by atomic mass is 10.0. The molecule has 23 heavy (non-hydrogen) atoms. The van der Waals surface area contributed by atoms with Gasteiger partial charge in [-0.25, -0.2) is 0 Å². The Labute approximate surface area is 136 Å². The molecule has 1 aromatic rings. The summed E-state index contributed by atoms with van der Waals surface area (Å²) in [5.74, 6) is 1.18. The van der Waals surface area contributed by atoms with Gasteiger partial charge in [-0.15, -0.1) is 0 Å². The van der Waals surface area contributed by atoms with Crippen LogP contribution >= 0.6 is 0 Å². The lowest BCUT2D eigenvalue weighted by molar-refractivity contribution is -0.136. The molecule has 0 unspecified atom stereocenters. The zero-order valence-corrected chi connectivity index (χ0v) is 14.2. The molecular weight excluding hydrogens is 298 g/mol. The second-order valence-electron chi connectivity index (χ2n) is 6.64. The molecule has 2 fully saturated rings.